The SMILES string of the molecule is O=[N+]([O-])C1(Oc2cccc3nc4ccccc4cc23)C=CC=CC1. The molecular weight excluding hydrogens is 304 g/mol. The van der Waals surface area contributed by atoms with E-state index in [0.717, 1.165) is 21.8 Å². The number of rotatable bonds is 3. The van der Waals surface area contributed by atoms with Gasteiger partial charge in [0.1, 0.15) is 5.75 Å². The molecule has 1 atom stereocenters. The topological polar surface area (TPSA) is 65.3 Å². The van der Waals surface area contributed by atoms with Gasteiger partial charge in [0, 0.05) is 16.8 Å². The van der Waals surface area contributed by atoms with Crippen LogP contribution in [0.1, 0.15) is 6.42 Å². The van der Waals surface area contributed by atoms with Gasteiger partial charge in [0.25, 0.3) is 0 Å². The van der Waals surface area contributed by atoms with Gasteiger partial charge in [-0.15, -0.1) is 0 Å². The quantitative estimate of drug-likeness (QED) is 0.313. The number of allylic oxidation sites excluding steroid dienone is 2. The van der Waals surface area contributed by atoms with Gasteiger partial charge < -0.3 is 4.74 Å². The highest BCUT2D eigenvalue weighted by Gasteiger charge is 2.43. The summed E-state index contributed by atoms with van der Waals surface area (Å²) in [5.74, 6) is 0.461. The van der Waals surface area contributed by atoms with Crippen LogP contribution in [0.25, 0.3) is 21.8 Å². The van der Waals surface area contributed by atoms with Gasteiger partial charge in [0.15, 0.2) is 0 Å². The second-order valence-electron chi connectivity index (χ2n) is 5.70. The number of fused-ring (bicyclic) bond motifs is 2. The van der Waals surface area contributed by atoms with Crippen molar-refractivity contribution < 1.29 is 9.66 Å². The van der Waals surface area contributed by atoms with E-state index in [-0.39, 0.29) is 11.3 Å². The van der Waals surface area contributed by atoms with E-state index in [9.17, 15) is 10.1 Å². The predicted octanol–water partition coefficient (Wildman–Crippen LogP) is 4.26. The number of hydrogen-bond donors (Lipinski definition) is 0. The lowest BCUT2D eigenvalue weighted by molar-refractivity contribution is -0.598. The number of pyridine rings is 1. The third-order valence-corrected chi connectivity index (χ3v) is 4.13. The Kier molecular flexibility index (Phi) is 3.27. The van der Waals surface area contributed by atoms with Crippen LogP contribution in [0.3, 0.4) is 0 Å². The zero-order valence-corrected chi connectivity index (χ0v) is 12.8. The molecule has 0 fully saturated rings. The minimum Gasteiger partial charge on any atom is -0.424 e. The lowest BCUT2D eigenvalue weighted by Gasteiger charge is -2.24. The zero-order valence-electron chi connectivity index (χ0n) is 12.8. The first-order valence-corrected chi connectivity index (χ1v) is 7.64. The molecule has 1 aliphatic rings. The van der Waals surface area contributed by atoms with Crippen LogP contribution in [0.5, 0.6) is 5.75 Å². The third kappa shape index (κ3) is 2.31. The molecule has 0 saturated carbocycles. The van der Waals surface area contributed by atoms with Crippen molar-refractivity contribution in [3.63, 3.8) is 0 Å². The van der Waals surface area contributed by atoms with E-state index in [1.165, 1.54) is 6.08 Å². The Balaban J connectivity index is 1.87. The van der Waals surface area contributed by atoms with Gasteiger partial charge in [-0.25, -0.2) is 4.98 Å². The molecule has 5 heteroatoms. The van der Waals surface area contributed by atoms with E-state index in [1.807, 2.05) is 36.4 Å². The maximum atomic E-state index is 11.6. The Labute approximate surface area is 138 Å². The molecule has 1 unspecified atom stereocenters. The van der Waals surface area contributed by atoms with Gasteiger partial charge >= 0.3 is 5.72 Å². The van der Waals surface area contributed by atoms with E-state index in [0.29, 0.717) is 5.75 Å². The maximum Gasteiger partial charge on any atom is 0.386 e. The first-order valence-electron chi connectivity index (χ1n) is 7.64. The van der Waals surface area contributed by atoms with Crippen LogP contribution in [0.15, 0.2) is 72.8 Å². The summed E-state index contributed by atoms with van der Waals surface area (Å²) in [5, 5.41) is 13.3. The lowest BCUT2D eigenvalue weighted by atomic mass is 10.0. The number of aromatic nitrogens is 1. The van der Waals surface area contributed by atoms with E-state index in [4.69, 9.17) is 4.74 Å². The molecular formula is C19H14N2O3. The predicted molar refractivity (Wildman–Crippen MR) is 92.5 cm³/mol. The van der Waals surface area contributed by atoms with Crippen molar-refractivity contribution in [2.75, 3.05) is 0 Å². The minimum absolute atomic E-state index is 0.188. The Hall–Kier alpha value is -3.21. The Morgan fingerprint density at radius 3 is 2.71 bits per heavy atom. The second-order valence-corrected chi connectivity index (χ2v) is 5.70. The molecule has 0 bridgehead atoms. The number of benzene rings is 2. The van der Waals surface area contributed by atoms with E-state index in [1.54, 1.807) is 30.4 Å². The summed E-state index contributed by atoms with van der Waals surface area (Å²) in [6.07, 6.45) is 6.84. The summed E-state index contributed by atoms with van der Waals surface area (Å²) in [7, 11) is 0. The monoisotopic (exact) mass is 318 g/mol. The fourth-order valence-corrected chi connectivity index (χ4v) is 2.89. The molecule has 0 radical (unpaired) electrons. The lowest BCUT2D eigenvalue weighted by Crippen LogP contribution is -2.42. The highest BCUT2D eigenvalue weighted by molar-refractivity contribution is 5.95. The first-order chi connectivity index (χ1) is 11.7. The van der Waals surface area contributed by atoms with Gasteiger partial charge in [0.2, 0.25) is 0 Å². The number of para-hydroxylation sites is 1. The van der Waals surface area contributed by atoms with Gasteiger partial charge in [-0.3, -0.25) is 10.1 Å². The Bertz CT molecular complexity index is 1010. The van der Waals surface area contributed by atoms with Crippen molar-refractivity contribution in [2.45, 2.75) is 12.1 Å². The van der Waals surface area contributed by atoms with Crippen molar-refractivity contribution in [1.29, 1.82) is 0 Å². The van der Waals surface area contributed by atoms with E-state index in [2.05, 4.69) is 4.98 Å². The smallest absolute Gasteiger partial charge is 0.386 e. The highest BCUT2D eigenvalue weighted by Crippen LogP contribution is 2.33. The number of nitrogens with zero attached hydrogens (tertiary/aromatic N) is 2. The van der Waals surface area contributed by atoms with Crippen molar-refractivity contribution >= 4 is 21.8 Å². The van der Waals surface area contributed by atoms with Crippen LogP contribution in [-0.2, 0) is 0 Å². The van der Waals surface area contributed by atoms with Crippen LogP contribution in [-0.4, -0.2) is 15.6 Å². The minimum atomic E-state index is -1.57. The van der Waals surface area contributed by atoms with Gasteiger partial charge in [0.05, 0.1) is 22.4 Å². The molecule has 4 rings (SSSR count). The van der Waals surface area contributed by atoms with Crippen molar-refractivity contribution in [3.8, 4) is 5.75 Å². The second kappa shape index (κ2) is 5.45. The highest BCUT2D eigenvalue weighted by atomic mass is 16.7. The molecule has 0 N–H and O–H groups in total. The number of ether oxygens (including phenoxy) is 1. The van der Waals surface area contributed by atoms with E-state index < -0.39 is 5.72 Å². The summed E-state index contributed by atoms with van der Waals surface area (Å²) >= 11 is 0. The summed E-state index contributed by atoms with van der Waals surface area (Å²) in [4.78, 5) is 15.8. The van der Waals surface area contributed by atoms with E-state index >= 15 is 0 Å². The molecule has 1 heterocycles. The normalized spacial score (nSPS) is 19.7. The van der Waals surface area contributed by atoms with Crippen molar-refractivity contribution in [1.82, 2.24) is 4.98 Å². The Morgan fingerprint density at radius 2 is 1.92 bits per heavy atom. The molecule has 0 aliphatic heterocycles. The molecule has 2 aromatic carbocycles. The third-order valence-electron chi connectivity index (χ3n) is 4.13. The van der Waals surface area contributed by atoms with Crippen LogP contribution in [0.2, 0.25) is 0 Å². The first kappa shape index (κ1) is 14.4. The van der Waals surface area contributed by atoms with Crippen LogP contribution >= 0.6 is 0 Å². The molecule has 118 valence electrons. The van der Waals surface area contributed by atoms with Crippen LogP contribution in [0, 0.1) is 10.1 Å². The molecule has 3 aromatic rings. The molecule has 1 aliphatic carbocycles. The molecule has 0 amide bonds. The van der Waals surface area contributed by atoms with Crippen LogP contribution < -0.4 is 4.74 Å². The Morgan fingerprint density at radius 1 is 1.08 bits per heavy atom. The van der Waals surface area contributed by atoms with Crippen molar-refractivity contribution in [3.05, 3.63) is 82.9 Å². The van der Waals surface area contributed by atoms with Gasteiger partial charge in [-0.05, 0) is 24.3 Å². The average molecular weight is 318 g/mol. The number of nitro groups is 1. The van der Waals surface area contributed by atoms with Gasteiger partial charge in [-0.2, -0.15) is 0 Å². The molecule has 24 heavy (non-hydrogen) atoms. The summed E-state index contributed by atoms with van der Waals surface area (Å²) < 4.78 is 5.89. The fourth-order valence-electron chi connectivity index (χ4n) is 2.89. The fraction of sp³-hybridized carbons (Fsp3) is 0.105. The summed E-state index contributed by atoms with van der Waals surface area (Å²) in [5.41, 5.74) is 0.0564. The van der Waals surface area contributed by atoms with Gasteiger partial charge in [-0.1, -0.05) is 42.5 Å². The standard InChI is InChI=1S/C19H14N2O3/c22-21(23)19(11-4-1-5-12-19)24-18-10-6-9-17-15(18)13-14-7-2-3-8-16(14)20-17/h1-11,13H,12H2. The number of hydrogen-bond acceptors (Lipinski definition) is 4. The molecule has 5 nitrogen and oxygen atoms in total. The molecule has 1 aromatic heterocycles. The molecule has 0 spiro atoms. The largest absolute Gasteiger partial charge is 0.424 e. The van der Waals surface area contributed by atoms with Crippen molar-refractivity contribution in [2.24, 2.45) is 0 Å². The maximum absolute atomic E-state index is 11.6. The van der Waals surface area contributed by atoms with Crippen LogP contribution in [0.4, 0.5) is 0 Å². The average Bonchev–Trinajstić information content (AvgIpc) is 2.61. The zero-order chi connectivity index (χ0) is 16.6. The molecule has 0 saturated heterocycles. The summed E-state index contributed by atoms with van der Waals surface area (Å²) in [6, 6.07) is 15.2. The summed E-state index contributed by atoms with van der Waals surface area (Å²) in [6.45, 7) is 0.